The largest absolute Gasteiger partial charge is 0.361 e. The molecule has 0 bridgehead atoms. The van der Waals surface area contributed by atoms with Crippen molar-refractivity contribution in [2.45, 2.75) is 39.5 Å². The molecule has 2 amide bonds. The summed E-state index contributed by atoms with van der Waals surface area (Å²) in [5.41, 5.74) is 4.29. The number of carbonyl (C=O) groups excluding carboxylic acids is 2. The van der Waals surface area contributed by atoms with E-state index in [1.807, 2.05) is 39.0 Å². The highest BCUT2D eigenvalue weighted by Crippen LogP contribution is 2.36. The molecule has 0 radical (unpaired) electrons. The summed E-state index contributed by atoms with van der Waals surface area (Å²) in [6, 6.07) is 11.0. The molecule has 1 aliphatic rings. The molecule has 0 aliphatic carbocycles. The zero-order chi connectivity index (χ0) is 22.1. The number of amides is 2. The summed E-state index contributed by atoms with van der Waals surface area (Å²) in [6.07, 6.45) is 1.54. The molecular weight excluding hydrogens is 397 g/mol. The van der Waals surface area contributed by atoms with Gasteiger partial charge in [0.05, 0.1) is 11.6 Å². The molecular formula is C24H24FN3O3. The lowest BCUT2D eigenvalue weighted by molar-refractivity contribution is -0.119. The average Bonchev–Trinajstić information content (AvgIpc) is 3.11. The lowest BCUT2D eigenvalue weighted by Crippen LogP contribution is -2.38. The average molecular weight is 421 g/mol. The van der Waals surface area contributed by atoms with Crippen LogP contribution >= 0.6 is 0 Å². The number of fused-ring (bicyclic) bond motifs is 1. The summed E-state index contributed by atoms with van der Waals surface area (Å²) >= 11 is 0. The minimum atomic E-state index is -0.394. The highest BCUT2D eigenvalue weighted by molar-refractivity contribution is 6.06. The van der Waals surface area contributed by atoms with Gasteiger partial charge in [-0.2, -0.15) is 0 Å². The molecule has 2 heterocycles. The molecule has 2 aromatic carbocycles. The first-order valence-electron chi connectivity index (χ1n) is 10.3. The van der Waals surface area contributed by atoms with Gasteiger partial charge in [-0.1, -0.05) is 11.2 Å². The summed E-state index contributed by atoms with van der Waals surface area (Å²) in [4.78, 5) is 27.8. The van der Waals surface area contributed by atoms with Crippen LogP contribution in [-0.4, -0.2) is 23.5 Å². The molecule has 0 spiro atoms. The Hall–Kier alpha value is -3.48. The van der Waals surface area contributed by atoms with Crippen LogP contribution in [-0.2, 0) is 11.2 Å². The second-order valence-corrected chi connectivity index (χ2v) is 7.82. The quantitative estimate of drug-likeness (QED) is 0.659. The Balaban J connectivity index is 1.61. The van der Waals surface area contributed by atoms with E-state index in [0.717, 1.165) is 35.3 Å². The lowest BCUT2D eigenvalue weighted by atomic mass is 9.94. The Morgan fingerprint density at radius 2 is 1.90 bits per heavy atom. The molecule has 160 valence electrons. The molecule has 7 heteroatoms. The van der Waals surface area contributed by atoms with Crippen LogP contribution in [0.25, 0.3) is 0 Å². The topological polar surface area (TPSA) is 75.4 Å². The van der Waals surface area contributed by atoms with E-state index in [2.05, 4.69) is 10.5 Å². The first-order chi connectivity index (χ1) is 14.9. The van der Waals surface area contributed by atoms with Crippen molar-refractivity contribution in [3.05, 3.63) is 76.4 Å². The zero-order valence-corrected chi connectivity index (χ0v) is 17.7. The summed E-state index contributed by atoms with van der Waals surface area (Å²) in [7, 11) is 0. The van der Waals surface area contributed by atoms with Crippen molar-refractivity contribution in [2.24, 2.45) is 0 Å². The fraction of sp³-hybridized carbons (Fsp3) is 0.292. The highest BCUT2D eigenvalue weighted by Gasteiger charge is 2.31. The van der Waals surface area contributed by atoms with Crippen LogP contribution in [0.3, 0.4) is 0 Å². The second-order valence-electron chi connectivity index (χ2n) is 7.82. The standard InChI is InChI=1S/C24H24FN3O3/c1-14(22-15(2)27-31-16(22)3)24(30)28-13-5-6-19-20(7-4-8-21(19)28)26-23(29)17-9-11-18(25)12-10-17/h4,7-12,14H,5-6,13H2,1-3H3,(H,26,29). The molecule has 4 rings (SSSR count). The number of hydrogen-bond acceptors (Lipinski definition) is 4. The van der Waals surface area contributed by atoms with E-state index in [1.54, 1.807) is 4.90 Å². The first kappa shape index (κ1) is 20.8. The minimum Gasteiger partial charge on any atom is -0.361 e. The molecule has 1 aromatic heterocycles. The Kier molecular flexibility index (Phi) is 5.59. The van der Waals surface area contributed by atoms with Crippen LogP contribution in [0.4, 0.5) is 15.8 Å². The van der Waals surface area contributed by atoms with Crippen LogP contribution < -0.4 is 10.2 Å². The Bertz CT molecular complexity index is 1120. The van der Waals surface area contributed by atoms with Gasteiger partial charge in [0.25, 0.3) is 5.91 Å². The molecule has 31 heavy (non-hydrogen) atoms. The monoisotopic (exact) mass is 421 g/mol. The number of benzene rings is 2. The Morgan fingerprint density at radius 3 is 2.58 bits per heavy atom. The lowest BCUT2D eigenvalue weighted by Gasteiger charge is -2.32. The van der Waals surface area contributed by atoms with Crippen LogP contribution in [0.5, 0.6) is 0 Å². The number of carbonyl (C=O) groups is 2. The first-order valence-corrected chi connectivity index (χ1v) is 10.3. The van der Waals surface area contributed by atoms with Gasteiger partial charge in [-0.25, -0.2) is 4.39 Å². The van der Waals surface area contributed by atoms with Crippen molar-refractivity contribution in [1.82, 2.24) is 5.16 Å². The van der Waals surface area contributed by atoms with Crippen LogP contribution in [0, 0.1) is 19.7 Å². The number of halogens is 1. The number of aromatic nitrogens is 1. The van der Waals surface area contributed by atoms with E-state index < -0.39 is 11.7 Å². The number of rotatable bonds is 4. The summed E-state index contributed by atoms with van der Waals surface area (Å²) in [5.74, 6) is -0.487. The molecule has 3 aromatic rings. The van der Waals surface area contributed by atoms with Crippen molar-refractivity contribution < 1.29 is 18.5 Å². The second kappa shape index (κ2) is 8.34. The number of nitrogens with zero attached hydrogens (tertiary/aromatic N) is 2. The summed E-state index contributed by atoms with van der Waals surface area (Å²) in [5, 5.41) is 6.89. The van der Waals surface area contributed by atoms with Gasteiger partial charge in [-0.15, -0.1) is 0 Å². The van der Waals surface area contributed by atoms with E-state index in [1.165, 1.54) is 24.3 Å². The smallest absolute Gasteiger partial charge is 0.255 e. The molecule has 0 saturated carbocycles. The highest BCUT2D eigenvalue weighted by atomic mass is 19.1. The van der Waals surface area contributed by atoms with Gasteiger partial charge in [0.1, 0.15) is 11.6 Å². The van der Waals surface area contributed by atoms with Crippen molar-refractivity contribution in [2.75, 3.05) is 16.8 Å². The van der Waals surface area contributed by atoms with E-state index >= 15 is 0 Å². The molecule has 1 atom stereocenters. The summed E-state index contributed by atoms with van der Waals surface area (Å²) < 4.78 is 18.4. The van der Waals surface area contributed by atoms with Gasteiger partial charge in [0.2, 0.25) is 5.91 Å². The van der Waals surface area contributed by atoms with Crippen molar-refractivity contribution in [3.8, 4) is 0 Å². The molecule has 0 fully saturated rings. The maximum absolute atomic E-state index is 13.4. The SMILES string of the molecule is Cc1noc(C)c1C(C)C(=O)N1CCCc2c(NC(=O)c3ccc(F)cc3)cccc21. The summed E-state index contributed by atoms with van der Waals surface area (Å²) in [6.45, 7) is 6.12. The maximum atomic E-state index is 13.4. The molecule has 1 aliphatic heterocycles. The van der Waals surface area contributed by atoms with Gasteiger partial charge in [0, 0.05) is 29.0 Å². The third kappa shape index (κ3) is 3.95. The number of anilines is 2. The normalized spacial score (nSPS) is 14.1. The van der Waals surface area contributed by atoms with E-state index in [4.69, 9.17) is 4.52 Å². The van der Waals surface area contributed by atoms with Crippen molar-refractivity contribution >= 4 is 23.2 Å². The fourth-order valence-electron chi connectivity index (χ4n) is 4.23. The number of nitrogens with one attached hydrogen (secondary N) is 1. The van der Waals surface area contributed by atoms with Gasteiger partial charge in [0.15, 0.2) is 0 Å². The predicted molar refractivity (Wildman–Crippen MR) is 116 cm³/mol. The predicted octanol–water partition coefficient (Wildman–Crippen LogP) is 4.77. The van der Waals surface area contributed by atoms with Crippen LogP contribution in [0.2, 0.25) is 0 Å². The minimum absolute atomic E-state index is 0.0302. The van der Waals surface area contributed by atoms with Crippen molar-refractivity contribution in [1.29, 1.82) is 0 Å². The van der Waals surface area contributed by atoms with E-state index in [9.17, 15) is 14.0 Å². The number of hydrogen-bond donors (Lipinski definition) is 1. The van der Waals surface area contributed by atoms with Gasteiger partial charge < -0.3 is 14.7 Å². The van der Waals surface area contributed by atoms with E-state index in [0.29, 0.717) is 23.6 Å². The van der Waals surface area contributed by atoms with Crippen LogP contribution in [0.15, 0.2) is 47.0 Å². The molecule has 6 nitrogen and oxygen atoms in total. The fourth-order valence-corrected chi connectivity index (χ4v) is 4.23. The maximum Gasteiger partial charge on any atom is 0.255 e. The molecule has 1 unspecified atom stereocenters. The third-order valence-corrected chi connectivity index (χ3v) is 5.76. The molecule has 0 saturated heterocycles. The third-order valence-electron chi connectivity index (χ3n) is 5.76. The van der Waals surface area contributed by atoms with Crippen LogP contribution in [0.1, 0.15) is 52.2 Å². The van der Waals surface area contributed by atoms with Gasteiger partial charge in [-0.05, 0) is 75.6 Å². The Labute approximate surface area is 180 Å². The molecule has 1 N–H and O–H groups in total. The number of aryl methyl sites for hydroxylation is 2. The van der Waals surface area contributed by atoms with Gasteiger partial charge in [-0.3, -0.25) is 9.59 Å². The van der Waals surface area contributed by atoms with Gasteiger partial charge >= 0.3 is 0 Å². The van der Waals surface area contributed by atoms with E-state index in [-0.39, 0.29) is 11.8 Å². The Morgan fingerprint density at radius 1 is 1.16 bits per heavy atom. The zero-order valence-electron chi connectivity index (χ0n) is 17.7. The van der Waals surface area contributed by atoms with Crippen molar-refractivity contribution in [3.63, 3.8) is 0 Å².